The van der Waals surface area contributed by atoms with E-state index in [9.17, 15) is 0 Å². The van der Waals surface area contributed by atoms with Crippen LogP contribution in [0.4, 0.5) is 0 Å². The Labute approximate surface area is 125 Å². The first-order valence-corrected chi connectivity index (χ1v) is 7.29. The van der Waals surface area contributed by atoms with Crippen LogP contribution in [-0.4, -0.2) is 16.1 Å². The standard InChI is InChI=1S/C18H20N2O/c1-12(2)21-11-16-5-4-6-17(20-16)14-7-8-18-15(10-14)9-13(3)19-18/h4-10,12,19H,11H2,1-3H3. The maximum atomic E-state index is 5.62. The van der Waals surface area contributed by atoms with Crippen molar-refractivity contribution in [3.63, 3.8) is 0 Å². The number of aromatic nitrogens is 2. The molecule has 0 fully saturated rings. The van der Waals surface area contributed by atoms with Gasteiger partial charge in [0, 0.05) is 22.2 Å². The maximum absolute atomic E-state index is 5.62. The van der Waals surface area contributed by atoms with Crippen molar-refractivity contribution < 1.29 is 4.74 Å². The number of H-pyrrole nitrogens is 1. The van der Waals surface area contributed by atoms with Gasteiger partial charge in [0.05, 0.1) is 24.1 Å². The van der Waals surface area contributed by atoms with Gasteiger partial charge in [-0.2, -0.15) is 0 Å². The maximum Gasteiger partial charge on any atom is 0.0891 e. The van der Waals surface area contributed by atoms with Gasteiger partial charge in [0.15, 0.2) is 0 Å². The van der Waals surface area contributed by atoms with Crippen LogP contribution in [0.1, 0.15) is 25.2 Å². The van der Waals surface area contributed by atoms with Crippen LogP contribution < -0.4 is 0 Å². The predicted molar refractivity (Wildman–Crippen MR) is 86.2 cm³/mol. The number of ether oxygens (including phenoxy) is 1. The summed E-state index contributed by atoms with van der Waals surface area (Å²) in [5, 5.41) is 1.22. The smallest absolute Gasteiger partial charge is 0.0891 e. The molecule has 0 aliphatic carbocycles. The number of aromatic amines is 1. The first-order valence-electron chi connectivity index (χ1n) is 7.29. The van der Waals surface area contributed by atoms with Crippen molar-refractivity contribution in [3.8, 4) is 11.3 Å². The van der Waals surface area contributed by atoms with Crippen LogP contribution in [0.5, 0.6) is 0 Å². The highest BCUT2D eigenvalue weighted by atomic mass is 16.5. The molecule has 1 aromatic carbocycles. The zero-order valence-corrected chi connectivity index (χ0v) is 12.7. The number of rotatable bonds is 4. The molecule has 21 heavy (non-hydrogen) atoms. The first-order chi connectivity index (χ1) is 10.1. The molecule has 0 aliphatic rings. The SMILES string of the molecule is Cc1cc2cc(-c3cccc(COC(C)C)n3)ccc2[nH]1. The van der Waals surface area contributed by atoms with Gasteiger partial charge in [-0.05, 0) is 51.1 Å². The van der Waals surface area contributed by atoms with Gasteiger partial charge in [-0.25, -0.2) is 0 Å². The van der Waals surface area contributed by atoms with E-state index in [1.165, 1.54) is 11.1 Å². The van der Waals surface area contributed by atoms with Gasteiger partial charge in [-0.3, -0.25) is 4.98 Å². The Kier molecular flexibility index (Phi) is 3.76. The third-order valence-electron chi connectivity index (χ3n) is 3.42. The lowest BCUT2D eigenvalue weighted by Gasteiger charge is -2.08. The molecule has 2 aromatic heterocycles. The molecule has 3 heteroatoms. The summed E-state index contributed by atoms with van der Waals surface area (Å²) in [6.07, 6.45) is 0.217. The summed E-state index contributed by atoms with van der Waals surface area (Å²) in [6, 6.07) is 14.6. The molecule has 1 N–H and O–H groups in total. The number of hydrogen-bond donors (Lipinski definition) is 1. The number of hydrogen-bond acceptors (Lipinski definition) is 2. The van der Waals surface area contributed by atoms with Gasteiger partial charge in [0.2, 0.25) is 0 Å². The Bertz CT molecular complexity index is 759. The monoisotopic (exact) mass is 280 g/mol. The molecule has 0 aliphatic heterocycles. The lowest BCUT2D eigenvalue weighted by atomic mass is 10.1. The second kappa shape index (κ2) is 5.70. The molecule has 3 aromatic rings. The molecule has 3 rings (SSSR count). The highest BCUT2D eigenvalue weighted by molar-refractivity contribution is 5.85. The average molecular weight is 280 g/mol. The van der Waals surface area contributed by atoms with Gasteiger partial charge in [-0.1, -0.05) is 12.1 Å². The minimum atomic E-state index is 0.217. The third-order valence-corrected chi connectivity index (χ3v) is 3.42. The average Bonchev–Trinajstić information content (AvgIpc) is 2.84. The van der Waals surface area contributed by atoms with Gasteiger partial charge in [-0.15, -0.1) is 0 Å². The van der Waals surface area contributed by atoms with E-state index in [1.807, 2.05) is 32.0 Å². The van der Waals surface area contributed by atoms with Crippen molar-refractivity contribution in [2.45, 2.75) is 33.5 Å². The second-order valence-corrected chi connectivity index (χ2v) is 5.63. The van der Waals surface area contributed by atoms with Gasteiger partial charge >= 0.3 is 0 Å². The van der Waals surface area contributed by atoms with Crippen molar-refractivity contribution in [2.75, 3.05) is 0 Å². The highest BCUT2D eigenvalue weighted by Gasteiger charge is 2.05. The molecule has 0 unspecified atom stereocenters. The molecule has 0 atom stereocenters. The Morgan fingerprint density at radius 3 is 2.81 bits per heavy atom. The van der Waals surface area contributed by atoms with Crippen LogP contribution in [0.15, 0.2) is 42.5 Å². The molecule has 0 saturated carbocycles. The van der Waals surface area contributed by atoms with Crippen LogP contribution in [0.3, 0.4) is 0 Å². The fraction of sp³-hybridized carbons (Fsp3) is 0.278. The van der Waals surface area contributed by atoms with E-state index in [2.05, 4.69) is 36.2 Å². The minimum Gasteiger partial charge on any atom is -0.373 e. The van der Waals surface area contributed by atoms with E-state index in [1.54, 1.807) is 0 Å². The van der Waals surface area contributed by atoms with E-state index in [-0.39, 0.29) is 6.10 Å². The van der Waals surface area contributed by atoms with Crippen LogP contribution in [-0.2, 0) is 11.3 Å². The van der Waals surface area contributed by atoms with Crippen molar-refractivity contribution in [2.24, 2.45) is 0 Å². The number of pyridine rings is 1. The molecule has 0 radical (unpaired) electrons. The molecular formula is C18H20N2O. The van der Waals surface area contributed by atoms with Crippen molar-refractivity contribution in [3.05, 3.63) is 53.9 Å². The summed E-state index contributed by atoms with van der Waals surface area (Å²) < 4.78 is 5.62. The number of aryl methyl sites for hydroxylation is 1. The zero-order chi connectivity index (χ0) is 14.8. The van der Waals surface area contributed by atoms with E-state index in [0.717, 1.165) is 22.5 Å². The quantitative estimate of drug-likeness (QED) is 0.766. The molecule has 0 saturated heterocycles. The fourth-order valence-corrected chi connectivity index (χ4v) is 2.41. The molecule has 2 heterocycles. The van der Waals surface area contributed by atoms with Gasteiger partial charge in [0.1, 0.15) is 0 Å². The van der Waals surface area contributed by atoms with Gasteiger partial charge < -0.3 is 9.72 Å². The van der Waals surface area contributed by atoms with Crippen LogP contribution in [0, 0.1) is 6.92 Å². The van der Waals surface area contributed by atoms with Crippen molar-refractivity contribution >= 4 is 10.9 Å². The van der Waals surface area contributed by atoms with E-state index in [4.69, 9.17) is 9.72 Å². The summed E-state index contributed by atoms with van der Waals surface area (Å²) in [5.74, 6) is 0. The molecule has 0 bridgehead atoms. The molecular weight excluding hydrogens is 260 g/mol. The molecule has 0 amide bonds. The van der Waals surface area contributed by atoms with Crippen molar-refractivity contribution in [1.82, 2.24) is 9.97 Å². The zero-order valence-electron chi connectivity index (χ0n) is 12.7. The fourth-order valence-electron chi connectivity index (χ4n) is 2.41. The lowest BCUT2D eigenvalue weighted by Crippen LogP contribution is -2.03. The molecule has 108 valence electrons. The summed E-state index contributed by atoms with van der Waals surface area (Å²) in [5.41, 5.74) is 5.42. The van der Waals surface area contributed by atoms with E-state index < -0.39 is 0 Å². The Morgan fingerprint density at radius 1 is 1.14 bits per heavy atom. The predicted octanol–water partition coefficient (Wildman–Crippen LogP) is 4.46. The number of nitrogens with zero attached hydrogens (tertiary/aromatic N) is 1. The Hall–Kier alpha value is -2.13. The normalized spacial score (nSPS) is 11.4. The molecule has 0 spiro atoms. The van der Waals surface area contributed by atoms with Crippen molar-refractivity contribution in [1.29, 1.82) is 0 Å². The second-order valence-electron chi connectivity index (χ2n) is 5.63. The number of fused-ring (bicyclic) bond motifs is 1. The van der Waals surface area contributed by atoms with E-state index in [0.29, 0.717) is 6.61 Å². The highest BCUT2D eigenvalue weighted by Crippen LogP contribution is 2.24. The minimum absolute atomic E-state index is 0.217. The lowest BCUT2D eigenvalue weighted by molar-refractivity contribution is 0.0636. The third kappa shape index (κ3) is 3.14. The van der Waals surface area contributed by atoms with Crippen LogP contribution in [0.25, 0.3) is 22.2 Å². The number of benzene rings is 1. The van der Waals surface area contributed by atoms with Gasteiger partial charge in [0.25, 0.3) is 0 Å². The summed E-state index contributed by atoms with van der Waals surface area (Å²) in [4.78, 5) is 8.03. The summed E-state index contributed by atoms with van der Waals surface area (Å²) >= 11 is 0. The summed E-state index contributed by atoms with van der Waals surface area (Å²) in [6.45, 7) is 6.69. The summed E-state index contributed by atoms with van der Waals surface area (Å²) in [7, 11) is 0. The Balaban J connectivity index is 1.92. The Morgan fingerprint density at radius 2 is 2.00 bits per heavy atom. The van der Waals surface area contributed by atoms with Crippen LogP contribution in [0.2, 0.25) is 0 Å². The van der Waals surface area contributed by atoms with Crippen LogP contribution >= 0.6 is 0 Å². The molecule has 3 nitrogen and oxygen atoms in total. The topological polar surface area (TPSA) is 37.9 Å². The first kappa shape index (κ1) is 13.8. The number of nitrogens with one attached hydrogen (secondary N) is 1. The largest absolute Gasteiger partial charge is 0.373 e. The van der Waals surface area contributed by atoms with E-state index >= 15 is 0 Å².